The molecule has 0 aliphatic carbocycles. The van der Waals surface area contributed by atoms with Crippen molar-refractivity contribution in [3.8, 4) is 0 Å². The predicted molar refractivity (Wildman–Crippen MR) is 87.2 cm³/mol. The molecule has 0 aromatic carbocycles. The summed E-state index contributed by atoms with van der Waals surface area (Å²) in [4.78, 5) is 12.8. The first-order chi connectivity index (χ1) is 10.5. The molecule has 22 heavy (non-hydrogen) atoms. The summed E-state index contributed by atoms with van der Waals surface area (Å²) in [5, 5.41) is 8.77. The van der Waals surface area contributed by atoms with Crippen molar-refractivity contribution in [2.24, 2.45) is 0 Å². The van der Waals surface area contributed by atoms with Gasteiger partial charge in [-0.05, 0) is 18.2 Å². The Bertz CT molecular complexity index is 597. The second-order valence-electron chi connectivity index (χ2n) is 6.57. The van der Waals surface area contributed by atoms with E-state index in [-0.39, 0.29) is 5.41 Å². The van der Waals surface area contributed by atoms with Crippen LogP contribution >= 0.6 is 0 Å². The van der Waals surface area contributed by atoms with E-state index >= 15 is 0 Å². The first kappa shape index (κ1) is 14.7. The summed E-state index contributed by atoms with van der Waals surface area (Å²) in [6, 6.07) is 6.11. The van der Waals surface area contributed by atoms with E-state index in [0.29, 0.717) is 0 Å². The zero-order valence-corrected chi connectivity index (χ0v) is 13.4. The number of hydrogen-bond donors (Lipinski definition) is 0. The number of hydrogen-bond acceptors (Lipinski definition) is 6. The molecular weight excluding hydrogens is 276 g/mol. The van der Waals surface area contributed by atoms with E-state index in [0.717, 1.165) is 43.5 Å². The Balaban J connectivity index is 1.64. The Morgan fingerprint density at radius 3 is 2.05 bits per heavy atom. The molecule has 3 heterocycles. The number of piperazine rings is 1. The van der Waals surface area contributed by atoms with Gasteiger partial charge < -0.3 is 9.80 Å². The van der Waals surface area contributed by atoms with Crippen LogP contribution in [0.5, 0.6) is 0 Å². The lowest BCUT2D eigenvalue weighted by Crippen LogP contribution is -2.47. The number of rotatable bonds is 2. The van der Waals surface area contributed by atoms with Crippen LogP contribution in [0.3, 0.4) is 0 Å². The quantitative estimate of drug-likeness (QED) is 0.844. The van der Waals surface area contributed by atoms with Crippen molar-refractivity contribution in [2.75, 3.05) is 36.0 Å². The molecule has 0 radical (unpaired) electrons. The highest BCUT2D eigenvalue weighted by Gasteiger charge is 2.21. The Morgan fingerprint density at radius 1 is 0.864 bits per heavy atom. The minimum Gasteiger partial charge on any atom is -0.353 e. The largest absolute Gasteiger partial charge is 0.353 e. The zero-order chi connectivity index (χ0) is 15.6. The number of anilines is 2. The summed E-state index contributed by atoms with van der Waals surface area (Å²) in [5.41, 5.74) is 1.06. The molecule has 6 nitrogen and oxygen atoms in total. The van der Waals surface area contributed by atoms with Crippen LogP contribution in [-0.2, 0) is 5.41 Å². The number of aromatic nitrogens is 4. The lowest BCUT2D eigenvalue weighted by atomic mass is 9.92. The molecule has 0 N–H and O–H groups in total. The van der Waals surface area contributed by atoms with Crippen LogP contribution in [0, 0.1) is 0 Å². The summed E-state index contributed by atoms with van der Waals surface area (Å²) in [6.45, 7) is 10.2. The SMILES string of the molecule is CC(C)(C)c1ccc(N2CCN(c3ccncn3)CC2)nn1. The fourth-order valence-electron chi connectivity index (χ4n) is 2.53. The van der Waals surface area contributed by atoms with Gasteiger partial charge in [0.05, 0.1) is 5.69 Å². The molecule has 1 aliphatic rings. The first-order valence-electron chi connectivity index (χ1n) is 7.64. The third-order valence-electron chi connectivity index (χ3n) is 3.91. The van der Waals surface area contributed by atoms with Crippen LogP contribution < -0.4 is 9.80 Å². The van der Waals surface area contributed by atoms with Gasteiger partial charge in [0.1, 0.15) is 12.1 Å². The molecule has 0 unspecified atom stereocenters. The highest BCUT2D eigenvalue weighted by atomic mass is 15.3. The maximum Gasteiger partial charge on any atom is 0.151 e. The van der Waals surface area contributed by atoms with E-state index in [1.807, 2.05) is 6.07 Å². The molecule has 2 aromatic rings. The highest BCUT2D eigenvalue weighted by Crippen LogP contribution is 2.21. The van der Waals surface area contributed by atoms with Gasteiger partial charge in [0, 0.05) is 37.8 Å². The summed E-state index contributed by atoms with van der Waals surface area (Å²) in [6.07, 6.45) is 3.38. The maximum atomic E-state index is 4.40. The fourth-order valence-corrected chi connectivity index (χ4v) is 2.53. The van der Waals surface area contributed by atoms with Crippen LogP contribution in [0.1, 0.15) is 26.5 Å². The fraction of sp³-hybridized carbons (Fsp3) is 0.500. The summed E-state index contributed by atoms with van der Waals surface area (Å²) >= 11 is 0. The van der Waals surface area contributed by atoms with Gasteiger partial charge in [-0.3, -0.25) is 0 Å². The van der Waals surface area contributed by atoms with Gasteiger partial charge in [-0.25, -0.2) is 9.97 Å². The molecular formula is C16H22N6. The standard InChI is InChI=1S/C16H22N6/c1-16(2,3)13-4-5-15(20-19-13)22-10-8-21(9-11-22)14-6-7-17-12-18-14/h4-7,12H,8-11H2,1-3H3. The van der Waals surface area contributed by atoms with Crippen LogP contribution in [0.2, 0.25) is 0 Å². The molecule has 2 aromatic heterocycles. The van der Waals surface area contributed by atoms with Gasteiger partial charge >= 0.3 is 0 Å². The van der Waals surface area contributed by atoms with Gasteiger partial charge in [-0.15, -0.1) is 5.10 Å². The average molecular weight is 298 g/mol. The molecule has 0 amide bonds. The second kappa shape index (κ2) is 5.87. The molecule has 1 saturated heterocycles. The van der Waals surface area contributed by atoms with E-state index in [1.165, 1.54) is 0 Å². The molecule has 1 fully saturated rings. The predicted octanol–water partition coefficient (Wildman–Crippen LogP) is 1.89. The second-order valence-corrected chi connectivity index (χ2v) is 6.57. The molecule has 0 bridgehead atoms. The van der Waals surface area contributed by atoms with Gasteiger partial charge in [0.25, 0.3) is 0 Å². The van der Waals surface area contributed by atoms with Crippen LogP contribution in [-0.4, -0.2) is 46.3 Å². The summed E-state index contributed by atoms with van der Waals surface area (Å²) in [5.74, 6) is 1.94. The van der Waals surface area contributed by atoms with Crippen molar-refractivity contribution in [1.82, 2.24) is 20.2 Å². The lowest BCUT2D eigenvalue weighted by Gasteiger charge is -2.35. The molecule has 1 aliphatic heterocycles. The van der Waals surface area contributed by atoms with Gasteiger partial charge in [-0.2, -0.15) is 5.10 Å². The molecule has 3 rings (SSSR count). The highest BCUT2D eigenvalue weighted by molar-refractivity contribution is 5.43. The maximum absolute atomic E-state index is 4.40. The van der Waals surface area contributed by atoms with Crippen molar-refractivity contribution < 1.29 is 0 Å². The molecule has 116 valence electrons. The van der Waals surface area contributed by atoms with E-state index in [1.54, 1.807) is 12.5 Å². The topological polar surface area (TPSA) is 58.0 Å². The Labute approximate surface area is 131 Å². The van der Waals surface area contributed by atoms with Crippen molar-refractivity contribution >= 4 is 11.6 Å². The average Bonchev–Trinajstić information content (AvgIpc) is 2.55. The van der Waals surface area contributed by atoms with E-state index in [4.69, 9.17) is 0 Å². The van der Waals surface area contributed by atoms with E-state index in [2.05, 4.69) is 62.9 Å². The molecule has 0 saturated carbocycles. The number of nitrogens with zero attached hydrogens (tertiary/aromatic N) is 6. The van der Waals surface area contributed by atoms with Gasteiger partial charge in [-0.1, -0.05) is 20.8 Å². The Kier molecular flexibility index (Phi) is 3.92. The van der Waals surface area contributed by atoms with E-state index < -0.39 is 0 Å². The van der Waals surface area contributed by atoms with Crippen LogP contribution in [0.4, 0.5) is 11.6 Å². The summed E-state index contributed by atoms with van der Waals surface area (Å²) < 4.78 is 0. The normalized spacial score (nSPS) is 16.0. The Morgan fingerprint density at radius 2 is 1.55 bits per heavy atom. The molecule has 6 heteroatoms. The van der Waals surface area contributed by atoms with Crippen LogP contribution in [0.15, 0.2) is 30.7 Å². The van der Waals surface area contributed by atoms with Crippen LogP contribution in [0.25, 0.3) is 0 Å². The van der Waals surface area contributed by atoms with Crippen molar-refractivity contribution in [3.05, 3.63) is 36.4 Å². The first-order valence-corrected chi connectivity index (χ1v) is 7.64. The van der Waals surface area contributed by atoms with Crippen molar-refractivity contribution in [2.45, 2.75) is 26.2 Å². The van der Waals surface area contributed by atoms with Gasteiger partial charge in [0.15, 0.2) is 5.82 Å². The minimum atomic E-state index is 0.0389. The molecule has 0 atom stereocenters. The van der Waals surface area contributed by atoms with Gasteiger partial charge in [0.2, 0.25) is 0 Å². The zero-order valence-electron chi connectivity index (χ0n) is 13.4. The smallest absolute Gasteiger partial charge is 0.151 e. The third kappa shape index (κ3) is 3.16. The lowest BCUT2D eigenvalue weighted by molar-refractivity contribution is 0.556. The minimum absolute atomic E-state index is 0.0389. The van der Waals surface area contributed by atoms with Crippen molar-refractivity contribution in [3.63, 3.8) is 0 Å². The molecule has 0 spiro atoms. The van der Waals surface area contributed by atoms with Crippen molar-refractivity contribution in [1.29, 1.82) is 0 Å². The summed E-state index contributed by atoms with van der Waals surface area (Å²) in [7, 11) is 0. The van der Waals surface area contributed by atoms with E-state index in [9.17, 15) is 0 Å². The Hall–Kier alpha value is -2.24. The third-order valence-corrected chi connectivity index (χ3v) is 3.91. The monoisotopic (exact) mass is 298 g/mol.